The smallest absolute Gasteiger partial charge is 0.329 e. The Morgan fingerprint density at radius 3 is 2.63 bits per heavy atom. The van der Waals surface area contributed by atoms with Crippen molar-refractivity contribution in [1.29, 1.82) is 0 Å². The van der Waals surface area contributed by atoms with E-state index in [1.165, 1.54) is 6.33 Å². The van der Waals surface area contributed by atoms with E-state index < -0.39 is 17.5 Å². The summed E-state index contributed by atoms with van der Waals surface area (Å²) in [5, 5.41) is 21.9. The summed E-state index contributed by atoms with van der Waals surface area (Å²) in [7, 11) is 1.77. The Labute approximate surface area is 110 Å². The van der Waals surface area contributed by atoms with Crippen LogP contribution in [0.4, 0.5) is 4.79 Å². The van der Waals surface area contributed by atoms with Gasteiger partial charge < -0.3 is 20.3 Å². The summed E-state index contributed by atoms with van der Waals surface area (Å²) in [5.41, 5.74) is -1.11. The second-order valence-electron chi connectivity index (χ2n) is 4.86. The Kier molecular flexibility index (Phi) is 3.41. The molecule has 1 aromatic rings. The minimum atomic E-state index is -1.11. The molecule has 0 aliphatic heterocycles. The van der Waals surface area contributed by atoms with Crippen molar-refractivity contribution in [2.45, 2.75) is 37.8 Å². The number of carboxylic acids is 1. The zero-order chi connectivity index (χ0) is 14.0. The van der Waals surface area contributed by atoms with Crippen molar-refractivity contribution >= 4 is 12.0 Å². The van der Waals surface area contributed by atoms with E-state index in [4.69, 9.17) is 5.11 Å². The number of rotatable bonds is 4. The van der Waals surface area contributed by atoms with Crippen molar-refractivity contribution in [3.8, 4) is 0 Å². The van der Waals surface area contributed by atoms with Crippen LogP contribution in [0.1, 0.15) is 38.1 Å². The number of nitrogens with one attached hydrogen (secondary N) is 2. The summed E-state index contributed by atoms with van der Waals surface area (Å²) < 4.78 is 1.70. The number of carboxylic acid groups (broad SMARTS) is 1. The van der Waals surface area contributed by atoms with Crippen LogP contribution in [-0.2, 0) is 11.8 Å². The van der Waals surface area contributed by atoms with Gasteiger partial charge in [-0.05, 0) is 26.2 Å². The molecule has 8 heteroatoms. The molecule has 0 radical (unpaired) electrons. The Morgan fingerprint density at radius 2 is 2.21 bits per heavy atom. The van der Waals surface area contributed by atoms with Crippen LogP contribution < -0.4 is 10.6 Å². The van der Waals surface area contributed by atoms with Gasteiger partial charge in [-0.15, -0.1) is 10.2 Å². The molecule has 1 aliphatic carbocycles. The Balaban J connectivity index is 1.95. The van der Waals surface area contributed by atoms with E-state index in [-0.39, 0.29) is 6.04 Å². The minimum absolute atomic E-state index is 0.349. The first-order chi connectivity index (χ1) is 8.94. The zero-order valence-electron chi connectivity index (χ0n) is 10.9. The fourth-order valence-electron chi connectivity index (χ4n) is 2.12. The first-order valence-corrected chi connectivity index (χ1v) is 6.10. The highest BCUT2D eigenvalue weighted by Crippen LogP contribution is 2.31. The van der Waals surface area contributed by atoms with Gasteiger partial charge in [0, 0.05) is 7.05 Å². The summed E-state index contributed by atoms with van der Waals surface area (Å²) in [6.45, 7) is 1.76. The van der Waals surface area contributed by atoms with E-state index in [9.17, 15) is 9.59 Å². The van der Waals surface area contributed by atoms with Gasteiger partial charge in [0.1, 0.15) is 11.9 Å². The van der Waals surface area contributed by atoms with E-state index in [1.807, 2.05) is 0 Å². The second kappa shape index (κ2) is 4.87. The van der Waals surface area contributed by atoms with Crippen molar-refractivity contribution in [2.75, 3.05) is 0 Å². The highest BCUT2D eigenvalue weighted by Gasteiger charge is 2.45. The molecule has 19 heavy (non-hydrogen) atoms. The molecule has 1 aliphatic rings. The van der Waals surface area contributed by atoms with Gasteiger partial charge in [-0.3, -0.25) is 0 Å². The van der Waals surface area contributed by atoms with Gasteiger partial charge >= 0.3 is 12.0 Å². The Bertz CT molecular complexity index is 494. The van der Waals surface area contributed by atoms with Crippen LogP contribution in [-0.4, -0.2) is 37.4 Å². The highest BCUT2D eigenvalue weighted by molar-refractivity contribution is 5.87. The van der Waals surface area contributed by atoms with Crippen molar-refractivity contribution in [2.24, 2.45) is 7.05 Å². The number of aryl methyl sites for hydroxylation is 1. The number of hydrogen-bond acceptors (Lipinski definition) is 4. The maximum absolute atomic E-state index is 11.8. The molecule has 1 fully saturated rings. The summed E-state index contributed by atoms with van der Waals surface area (Å²) in [6, 6.07) is -0.851. The van der Waals surface area contributed by atoms with Gasteiger partial charge in [-0.1, -0.05) is 0 Å². The van der Waals surface area contributed by atoms with Gasteiger partial charge in [-0.25, -0.2) is 9.59 Å². The molecule has 0 spiro atoms. The molecular formula is C11H17N5O3. The third-order valence-corrected chi connectivity index (χ3v) is 3.45. The monoisotopic (exact) mass is 267 g/mol. The normalized spacial score (nSPS) is 18.2. The number of aromatic nitrogens is 3. The molecule has 3 N–H and O–H groups in total. The molecular weight excluding hydrogens is 250 g/mol. The third-order valence-electron chi connectivity index (χ3n) is 3.45. The lowest BCUT2D eigenvalue weighted by atomic mass is 9.77. The maximum atomic E-state index is 11.8. The number of carbonyl (C=O) groups is 2. The summed E-state index contributed by atoms with van der Waals surface area (Å²) in [6.07, 6.45) is 3.28. The van der Waals surface area contributed by atoms with E-state index in [1.54, 1.807) is 18.5 Å². The molecule has 1 saturated carbocycles. The molecule has 104 valence electrons. The lowest BCUT2D eigenvalue weighted by Gasteiger charge is -2.38. The van der Waals surface area contributed by atoms with Crippen LogP contribution in [0.5, 0.6) is 0 Å². The van der Waals surface area contributed by atoms with Crippen molar-refractivity contribution in [1.82, 2.24) is 25.4 Å². The average Bonchev–Trinajstić information content (AvgIpc) is 2.69. The van der Waals surface area contributed by atoms with Crippen LogP contribution in [0.15, 0.2) is 6.33 Å². The van der Waals surface area contributed by atoms with Gasteiger partial charge in [0.15, 0.2) is 5.82 Å². The predicted molar refractivity (Wildman–Crippen MR) is 65.3 cm³/mol. The molecule has 1 unspecified atom stereocenters. The molecule has 0 aromatic carbocycles. The molecule has 1 atom stereocenters. The van der Waals surface area contributed by atoms with E-state index in [0.717, 1.165) is 6.42 Å². The number of amides is 2. The molecule has 2 rings (SSSR count). The molecule has 2 amide bonds. The summed E-state index contributed by atoms with van der Waals surface area (Å²) in [5.74, 6) is -0.381. The lowest BCUT2D eigenvalue weighted by molar-refractivity contribution is -0.148. The summed E-state index contributed by atoms with van der Waals surface area (Å²) in [4.78, 5) is 23.0. The van der Waals surface area contributed by atoms with Crippen LogP contribution in [0.25, 0.3) is 0 Å². The van der Waals surface area contributed by atoms with Crippen molar-refractivity contribution < 1.29 is 14.7 Å². The van der Waals surface area contributed by atoms with Crippen LogP contribution in [0, 0.1) is 0 Å². The van der Waals surface area contributed by atoms with Crippen LogP contribution in [0.3, 0.4) is 0 Å². The number of nitrogens with zero attached hydrogens (tertiary/aromatic N) is 3. The van der Waals surface area contributed by atoms with Gasteiger partial charge in [0.25, 0.3) is 0 Å². The number of urea groups is 1. The van der Waals surface area contributed by atoms with Crippen molar-refractivity contribution in [3.05, 3.63) is 12.2 Å². The van der Waals surface area contributed by atoms with E-state index >= 15 is 0 Å². The largest absolute Gasteiger partial charge is 0.480 e. The summed E-state index contributed by atoms with van der Waals surface area (Å²) >= 11 is 0. The number of hydrogen-bond donors (Lipinski definition) is 3. The molecule has 0 bridgehead atoms. The van der Waals surface area contributed by atoms with Gasteiger partial charge in [0.2, 0.25) is 0 Å². The Morgan fingerprint density at radius 1 is 1.53 bits per heavy atom. The number of carbonyl (C=O) groups excluding carboxylic acids is 1. The van der Waals surface area contributed by atoms with Crippen molar-refractivity contribution in [3.63, 3.8) is 0 Å². The fraction of sp³-hybridized carbons (Fsp3) is 0.636. The zero-order valence-corrected chi connectivity index (χ0v) is 10.9. The second-order valence-corrected chi connectivity index (χ2v) is 4.86. The molecule has 0 saturated heterocycles. The fourth-order valence-corrected chi connectivity index (χ4v) is 2.12. The predicted octanol–water partition coefficient (Wildman–Crippen LogP) is 0.183. The van der Waals surface area contributed by atoms with E-state index in [0.29, 0.717) is 18.7 Å². The molecule has 1 aromatic heterocycles. The third kappa shape index (κ3) is 2.51. The minimum Gasteiger partial charge on any atom is -0.480 e. The van der Waals surface area contributed by atoms with E-state index in [2.05, 4.69) is 20.8 Å². The first kappa shape index (κ1) is 13.3. The van der Waals surface area contributed by atoms with Gasteiger partial charge in [-0.2, -0.15) is 0 Å². The SMILES string of the molecule is CC(NC(=O)NC1(C(=O)O)CCC1)c1nncn1C. The molecule has 1 heterocycles. The van der Waals surface area contributed by atoms with Gasteiger partial charge in [0.05, 0.1) is 6.04 Å². The van der Waals surface area contributed by atoms with Crippen LogP contribution >= 0.6 is 0 Å². The maximum Gasteiger partial charge on any atom is 0.329 e. The first-order valence-electron chi connectivity index (χ1n) is 6.10. The molecule has 8 nitrogen and oxygen atoms in total. The topological polar surface area (TPSA) is 109 Å². The average molecular weight is 267 g/mol. The number of aliphatic carboxylic acids is 1. The Hall–Kier alpha value is -2.12. The standard InChI is InChI=1S/C11H17N5O3/c1-7(8-15-12-6-16(8)2)13-10(19)14-11(9(17)18)4-3-5-11/h6-7H,3-5H2,1-2H3,(H,17,18)(H2,13,14,19). The quantitative estimate of drug-likeness (QED) is 0.721. The highest BCUT2D eigenvalue weighted by atomic mass is 16.4. The van der Waals surface area contributed by atoms with Crippen LogP contribution in [0.2, 0.25) is 0 Å². The lowest BCUT2D eigenvalue weighted by Crippen LogP contribution is -2.61.